The van der Waals surface area contributed by atoms with Gasteiger partial charge in [0.15, 0.2) is 0 Å². The maximum atomic E-state index is 12.5. The lowest BCUT2D eigenvalue weighted by molar-refractivity contribution is -0.121. The number of hydrogen-bond acceptors (Lipinski definition) is 5. The van der Waals surface area contributed by atoms with Gasteiger partial charge in [0.25, 0.3) is 21.8 Å². The van der Waals surface area contributed by atoms with Crippen LogP contribution in [0.25, 0.3) is 0 Å². The Morgan fingerprint density at radius 1 is 1.15 bits per heavy atom. The molecule has 1 aliphatic heterocycles. The highest BCUT2D eigenvalue weighted by atomic mass is 35.5. The quantitative estimate of drug-likeness (QED) is 0.557. The van der Waals surface area contributed by atoms with Crippen LogP contribution >= 0.6 is 12.4 Å². The number of carbonyl (C=O) groups excluding carboxylic acids is 2. The molecular formula is C18H24ClN3O4S. The van der Waals surface area contributed by atoms with E-state index in [-0.39, 0.29) is 34.7 Å². The third-order valence-corrected chi connectivity index (χ3v) is 6.15. The van der Waals surface area contributed by atoms with Gasteiger partial charge in [-0.15, -0.1) is 12.4 Å². The van der Waals surface area contributed by atoms with E-state index in [1.807, 2.05) is 16.9 Å². The third-order valence-electron chi connectivity index (χ3n) is 4.82. The molecule has 1 aliphatic carbocycles. The van der Waals surface area contributed by atoms with Gasteiger partial charge in [0, 0.05) is 18.0 Å². The SMILES string of the molecule is Cl.N[C@]12C[C@H]1/C=C\CCCCCNC(=O)c1cccc(c1)S(=O)(=O)NC2=O. The van der Waals surface area contributed by atoms with Gasteiger partial charge in [-0.3, -0.25) is 9.59 Å². The van der Waals surface area contributed by atoms with E-state index >= 15 is 0 Å². The molecule has 4 N–H and O–H groups in total. The second kappa shape index (κ2) is 8.41. The van der Waals surface area contributed by atoms with Crippen LogP contribution in [0, 0.1) is 5.92 Å². The molecule has 0 aromatic heterocycles. The number of rotatable bonds is 0. The second-order valence-corrected chi connectivity index (χ2v) is 8.53. The summed E-state index contributed by atoms with van der Waals surface area (Å²) in [5.41, 5.74) is 5.10. The van der Waals surface area contributed by atoms with E-state index in [1.54, 1.807) is 0 Å². The largest absolute Gasteiger partial charge is 0.352 e. The zero-order chi connectivity index (χ0) is 18.8. The van der Waals surface area contributed by atoms with Crippen LogP contribution in [0.5, 0.6) is 0 Å². The van der Waals surface area contributed by atoms with Crippen LogP contribution in [0.3, 0.4) is 0 Å². The fourth-order valence-corrected chi connectivity index (χ4v) is 4.11. The van der Waals surface area contributed by atoms with Gasteiger partial charge >= 0.3 is 0 Å². The van der Waals surface area contributed by atoms with E-state index in [1.165, 1.54) is 24.3 Å². The molecule has 2 amide bonds. The van der Waals surface area contributed by atoms with E-state index < -0.39 is 21.5 Å². The lowest BCUT2D eigenvalue weighted by Crippen LogP contribution is -2.46. The molecule has 9 heteroatoms. The van der Waals surface area contributed by atoms with Crippen molar-refractivity contribution in [3.8, 4) is 0 Å². The number of fused-ring (bicyclic) bond motifs is 3. The molecule has 1 saturated carbocycles. The monoisotopic (exact) mass is 413 g/mol. The van der Waals surface area contributed by atoms with Crippen LogP contribution < -0.4 is 15.8 Å². The number of benzene rings is 1. The number of nitrogens with one attached hydrogen (secondary N) is 2. The first kappa shape index (κ1) is 21.4. The first-order valence-corrected chi connectivity index (χ1v) is 10.2. The molecule has 2 aliphatic rings. The molecule has 2 atom stereocenters. The molecule has 2 bridgehead atoms. The van der Waals surface area contributed by atoms with E-state index in [0.29, 0.717) is 13.0 Å². The zero-order valence-corrected chi connectivity index (χ0v) is 16.4. The van der Waals surface area contributed by atoms with Crippen LogP contribution in [0.1, 0.15) is 42.5 Å². The van der Waals surface area contributed by atoms with Gasteiger partial charge in [-0.25, -0.2) is 13.1 Å². The summed E-state index contributed by atoms with van der Waals surface area (Å²) in [5, 5.41) is 2.78. The fraction of sp³-hybridized carbons (Fsp3) is 0.444. The van der Waals surface area contributed by atoms with E-state index in [0.717, 1.165) is 25.7 Å². The maximum Gasteiger partial charge on any atom is 0.264 e. The number of allylic oxidation sites excluding steroid dienone is 1. The van der Waals surface area contributed by atoms with Gasteiger partial charge in [0.05, 0.1) is 4.90 Å². The third kappa shape index (κ3) is 4.88. The highest BCUT2D eigenvalue weighted by Crippen LogP contribution is 2.42. The summed E-state index contributed by atoms with van der Waals surface area (Å²) in [4.78, 5) is 24.4. The summed E-state index contributed by atoms with van der Waals surface area (Å²) >= 11 is 0. The number of nitrogens with two attached hydrogens (primary N) is 1. The van der Waals surface area contributed by atoms with Gasteiger partial charge in [-0.2, -0.15) is 0 Å². The molecular weight excluding hydrogens is 390 g/mol. The predicted molar refractivity (Wildman–Crippen MR) is 104 cm³/mol. The first-order chi connectivity index (χ1) is 12.3. The zero-order valence-electron chi connectivity index (χ0n) is 14.8. The van der Waals surface area contributed by atoms with Crippen LogP contribution in [-0.2, 0) is 14.8 Å². The number of amides is 2. The minimum Gasteiger partial charge on any atom is -0.352 e. The van der Waals surface area contributed by atoms with Crippen molar-refractivity contribution in [2.75, 3.05) is 6.54 Å². The highest BCUT2D eigenvalue weighted by molar-refractivity contribution is 7.90. The van der Waals surface area contributed by atoms with Crippen LogP contribution in [0.15, 0.2) is 41.3 Å². The van der Waals surface area contributed by atoms with E-state index in [9.17, 15) is 18.0 Å². The number of carbonyl (C=O) groups is 2. The number of sulfonamides is 1. The highest BCUT2D eigenvalue weighted by Gasteiger charge is 2.56. The molecule has 3 rings (SSSR count). The molecule has 0 radical (unpaired) electrons. The summed E-state index contributed by atoms with van der Waals surface area (Å²) in [6, 6.07) is 5.61. The molecule has 1 aromatic rings. The Morgan fingerprint density at radius 3 is 2.70 bits per heavy atom. The van der Waals surface area contributed by atoms with Crippen molar-refractivity contribution in [3.63, 3.8) is 0 Å². The van der Waals surface area contributed by atoms with Crippen LogP contribution in [0.4, 0.5) is 0 Å². The number of halogens is 1. The summed E-state index contributed by atoms with van der Waals surface area (Å²) in [5.74, 6) is -1.20. The van der Waals surface area contributed by atoms with Gasteiger partial charge in [-0.1, -0.05) is 24.6 Å². The van der Waals surface area contributed by atoms with Crippen molar-refractivity contribution >= 4 is 34.2 Å². The molecule has 1 heterocycles. The molecule has 1 fully saturated rings. The smallest absolute Gasteiger partial charge is 0.264 e. The summed E-state index contributed by atoms with van der Waals surface area (Å²) in [6.07, 6.45) is 7.97. The minimum absolute atomic E-state index is 0. The Hall–Kier alpha value is -1.90. The Balaban J connectivity index is 0.00000261. The molecule has 7 nitrogen and oxygen atoms in total. The van der Waals surface area contributed by atoms with Crippen LogP contribution in [-0.4, -0.2) is 32.3 Å². The van der Waals surface area contributed by atoms with Crippen molar-refractivity contribution in [3.05, 3.63) is 42.0 Å². The fourth-order valence-electron chi connectivity index (χ4n) is 3.01. The van der Waals surface area contributed by atoms with E-state index in [4.69, 9.17) is 5.73 Å². The van der Waals surface area contributed by atoms with Crippen molar-refractivity contribution in [2.45, 2.75) is 42.5 Å². The van der Waals surface area contributed by atoms with Crippen molar-refractivity contribution in [2.24, 2.45) is 11.7 Å². The maximum absolute atomic E-state index is 12.5. The summed E-state index contributed by atoms with van der Waals surface area (Å²) < 4.78 is 27.0. The van der Waals surface area contributed by atoms with E-state index in [2.05, 4.69) is 5.32 Å². The molecule has 1 aromatic carbocycles. The first-order valence-electron chi connectivity index (χ1n) is 8.74. The van der Waals surface area contributed by atoms with Crippen LogP contribution in [0.2, 0.25) is 0 Å². The minimum atomic E-state index is -4.09. The summed E-state index contributed by atoms with van der Waals surface area (Å²) in [6.45, 7) is 0.533. The van der Waals surface area contributed by atoms with Crippen molar-refractivity contribution < 1.29 is 18.0 Å². The Kier molecular flexibility index (Phi) is 6.67. The molecule has 0 saturated heterocycles. The Morgan fingerprint density at radius 2 is 1.93 bits per heavy atom. The standard InChI is InChI=1S/C18H23N3O4S.ClH/c19-18-12-14(18)8-4-2-1-3-5-10-20-16(22)13-7-6-9-15(11-13)26(24,25)21-17(18)23;/h4,6-9,11,14H,1-3,5,10,12,19H2,(H,20,22)(H,21,23);1H/b8-4-;/t14-,18-;/m1./s1. The Labute approximate surface area is 165 Å². The van der Waals surface area contributed by atoms with Crippen molar-refractivity contribution in [1.82, 2.24) is 10.0 Å². The molecule has 148 valence electrons. The topological polar surface area (TPSA) is 118 Å². The Bertz CT molecular complexity index is 856. The van der Waals surface area contributed by atoms with Gasteiger partial charge in [0.1, 0.15) is 5.54 Å². The summed E-state index contributed by atoms with van der Waals surface area (Å²) in [7, 11) is -4.09. The molecule has 0 spiro atoms. The normalized spacial score (nSPS) is 29.1. The lowest BCUT2D eigenvalue weighted by Gasteiger charge is -2.12. The van der Waals surface area contributed by atoms with Gasteiger partial charge in [0.2, 0.25) is 0 Å². The lowest BCUT2D eigenvalue weighted by atomic mass is 10.1. The molecule has 27 heavy (non-hydrogen) atoms. The number of hydrogen-bond donors (Lipinski definition) is 3. The van der Waals surface area contributed by atoms with Gasteiger partial charge < -0.3 is 11.1 Å². The predicted octanol–water partition coefficient (Wildman–Crippen LogP) is 1.49. The van der Waals surface area contributed by atoms with Crippen molar-refractivity contribution in [1.29, 1.82) is 0 Å². The average molecular weight is 414 g/mol. The molecule has 0 unspecified atom stereocenters. The average Bonchev–Trinajstić information content (AvgIpc) is 3.28. The van der Waals surface area contributed by atoms with Gasteiger partial charge in [-0.05, 0) is 43.9 Å². The second-order valence-electron chi connectivity index (χ2n) is 6.85.